The lowest BCUT2D eigenvalue weighted by Crippen LogP contribution is -2.40. The molecule has 1 aromatic rings. The van der Waals surface area contributed by atoms with Gasteiger partial charge in [-0.1, -0.05) is 29.3 Å². The van der Waals surface area contributed by atoms with E-state index in [1.165, 1.54) is 0 Å². The summed E-state index contributed by atoms with van der Waals surface area (Å²) in [6.45, 7) is 3.05. The predicted molar refractivity (Wildman–Crippen MR) is 68.7 cm³/mol. The third-order valence-electron chi connectivity index (χ3n) is 2.98. The van der Waals surface area contributed by atoms with Gasteiger partial charge in [-0.3, -0.25) is 4.90 Å². The van der Waals surface area contributed by atoms with Crippen LogP contribution in [0.1, 0.15) is 11.6 Å². The Kier molecular flexibility index (Phi) is 4.65. The van der Waals surface area contributed by atoms with Crippen molar-refractivity contribution in [2.24, 2.45) is 0 Å². The molecule has 1 aliphatic heterocycles. The molecule has 5 heteroatoms. The summed E-state index contributed by atoms with van der Waals surface area (Å²) in [7, 11) is 0. The number of benzene rings is 1. The largest absolute Gasteiger partial charge is 0.394 e. The van der Waals surface area contributed by atoms with Crippen molar-refractivity contribution in [3.8, 4) is 0 Å². The molecule has 0 spiro atoms. The monoisotopic (exact) mass is 275 g/mol. The topological polar surface area (TPSA) is 32.7 Å². The zero-order chi connectivity index (χ0) is 12.3. The summed E-state index contributed by atoms with van der Waals surface area (Å²) in [5.74, 6) is 0. The van der Waals surface area contributed by atoms with E-state index in [4.69, 9.17) is 27.9 Å². The van der Waals surface area contributed by atoms with Crippen LogP contribution in [0.5, 0.6) is 0 Å². The Morgan fingerprint density at radius 3 is 2.59 bits per heavy atom. The van der Waals surface area contributed by atoms with E-state index in [0.29, 0.717) is 23.3 Å². The van der Waals surface area contributed by atoms with E-state index < -0.39 is 0 Å². The van der Waals surface area contributed by atoms with Crippen molar-refractivity contribution in [1.29, 1.82) is 0 Å². The van der Waals surface area contributed by atoms with Crippen molar-refractivity contribution in [2.45, 2.75) is 6.04 Å². The van der Waals surface area contributed by atoms with Crippen molar-refractivity contribution >= 4 is 23.2 Å². The third-order valence-corrected chi connectivity index (χ3v) is 3.54. The lowest BCUT2D eigenvalue weighted by atomic mass is 10.1. The first kappa shape index (κ1) is 13.1. The molecular weight excluding hydrogens is 261 g/mol. The van der Waals surface area contributed by atoms with Crippen molar-refractivity contribution in [3.05, 3.63) is 33.8 Å². The second kappa shape index (κ2) is 6.03. The summed E-state index contributed by atoms with van der Waals surface area (Å²) in [6.07, 6.45) is 0. The maximum atomic E-state index is 9.55. The number of halogens is 2. The summed E-state index contributed by atoms with van der Waals surface area (Å²) in [5, 5.41) is 10.8. The molecule has 0 saturated carbocycles. The van der Waals surface area contributed by atoms with E-state index in [0.717, 1.165) is 18.7 Å². The van der Waals surface area contributed by atoms with Crippen LogP contribution in [0.2, 0.25) is 10.0 Å². The van der Waals surface area contributed by atoms with Crippen molar-refractivity contribution in [2.75, 3.05) is 32.9 Å². The Balaban J connectivity index is 2.21. The standard InChI is InChI=1S/C12H15Cl2NO2/c13-9-1-2-10(11(14)7-9)12(8-16)15-3-5-17-6-4-15/h1-2,7,12,16H,3-6,8H2/t12-/m0/s1. The molecule has 1 N–H and O–H groups in total. The molecule has 0 aromatic heterocycles. The first-order chi connectivity index (χ1) is 8.22. The number of rotatable bonds is 3. The molecule has 2 rings (SSSR count). The number of morpholine rings is 1. The molecule has 1 saturated heterocycles. The third kappa shape index (κ3) is 3.12. The summed E-state index contributed by atoms with van der Waals surface area (Å²) in [6, 6.07) is 5.30. The van der Waals surface area contributed by atoms with Crippen LogP contribution in [0.25, 0.3) is 0 Å². The molecule has 0 radical (unpaired) electrons. The molecule has 0 aliphatic carbocycles. The highest BCUT2D eigenvalue weighted by Gasteiger charge is 2.23. The fraction of sp³-hybridized carbons (Fsp3) is 0.500. The number of aliphatic hydroxyl groups excluding tert-OH is 1. The molecule has 1 heterocycles. The second-order valence-corrected chi connectivity index (χ2v) is 4.86. The molecule has 1 atom stereocenters. The van der Waals surface area contributed by atoms with Gasteiger partial charge in [-0.25, -0.2) is 0 Å². The maximum absolute atomic E-state index is 9.55. The summed E-state index contributed by atoms with van der Waals surface area (Å²) < 4.78 is 5.30. The molecule has 3 nitrogen and oxygen atoms in total. The van der Waals surface area contributed by atoms with Gasteiger partial charge >= 0.3 is 0 Å². The second-order valence-electron chi connectivity index (χ2n) is 4.01. The van der Waals surface area contributed by atoms with Crippen LogP contribution in [0, 0.1) is 0 Å². The Hall–Kier alpha value is -0.320. The lowest BCUT2D eigenvalue weighted by Gasteiger charge is -2.34. The summed E-state index contributed by atoms with van der Waals surface area (Å²) >= 11 is 12.0. The number of ether oxygens (including phenoxy) is 1. The average Bonchev–Trinajstić information content (AvgIpc) is 2.34. The number of hydrogen-bond acceptors (Lipinski definition) is 3. The molecule has 0 unspecified atom stereocenters. The van der Waals surface area contributed by atoms with E-state index in [9.17, 15) is 5.11 Å². The normalized spacial score (nSPS) is 19.2. The highest BCUT2D eigenvalue weighted by Crippen LogP contribution is 2.30. The van der Waals surface area contributed by atoms with E-state index in [-0.39, 0.29) is 12.6 Å². The van der Waals surface area contributed by atoms with Crippen LogP contribution in [0.3, 0.4) is 0 Å². The van der Waals surface area contributed by atoms with Gasteiger partial charge in [0, 0.05) is 23.1 Å². The SMILES string of the molecule is OC[C@@H](c1ccc(Cl)cc1Cl)N1CCOCC1. The van der Waals surface area contributed by atoms with Crippen molar-refractivity contribution < 1.29 is 9.84 Å². The molecule has 1 aliphatic rings. The highest BCUT2D eigenvalue weighted by atomic mass is 35.5. The first-order valence-electron chi connectivity index (χ1n) is 5.60. The van der Waals surface area contributed by atoms with Gasteiger partial charge in [-0.05, 0) is 17.7 Å². The number of nitrogens with zero attached hydrogens (tertiary/aromatic N) is 1. The van der Waals surface area contributed by atoms with Gasteiger partial charge in [0.15, 0.2) is 0 Å². The van der Waals surface area contributed by atoms with Crippen LogP contribution < -0.4 is 0 Å². The molecule has 17 heavy (non-hydrogen) atoms. The van der Waals surface area contributed by atoms with Crippen LogP contribution in [-0.4, -0.2) is 42.9 Å². The maximum Gasteiger partial charge on any atom is 0.0629 e. The minimum atomic E-state index is -0.0799. The van der Waals surface area contributed by atoms with Crippen molar-refractivity contribution in [1.82, 2.24) is 4.90 Å². The number of aliphatic hydroxyl groups is 1. The summed E-state index contributed by atoms with van der Waals surface area (Å²) in [5.41, 5.74) is 0.917. The molecule has 1 fully saturated rings. The Morgan fingerprint density at radius 1 is 1.29 bits per heavy atom. The fourth-order valence-corrected chi connectivity index (χ4v) is 2.61. The first-order valence-corrected chi connectivity index (χ1v) is 6.35. The van der Waals surface area contributed by atoms with E-state index in [1.807, 2.05) is 6.07 Å². The average molecular weight is 276 g/mol. The van der Waals surface area contributed by atoms with Gasteiger partial charge in [0.2, 0.25) is 0 Å². The smallest absolute Gasteiger partial charge is 0.0629 e. The summed E-state index contributed by atoms with van der Waals surface area (Å²) in [4.78, 5) is 2.18. The van der Waals surface area contributed by atoms with Gasteiger partial charge in [-0.2, -0.15) is 0 Å². The van der Waals surface area contributed by atoms with Crippen LogP contribution >= 0.6 is 23.2 Å². The zero-order valence-electron chi connectivity index (χ0n) is 9.40. The Morgan fingerprint density at radius 2 is 2.00 bits per heavy atom. The Labute approximate surface area is 111 Å². The van der Waals surface area contributed by atoms with Crippen LogP contribution in [0.15, 0.2) is 18.2 Å². The van der Waals surface area contributed by atoms with Crippen molar-refractivity contribution in [3.63, 3.8) is 0 Å². The molecule has 94 valence electrons. The van der Waals surface area contributed by atoms with E-state index >= 15 is 0 Å². The fourth-order valence-electron chi connectivity index (χ4n) is 2.07. The Bertz CT molecular complexity index is 381. The van der Waals surface area contributed by atoms with Crippen LogP contribution in [-0.2, 0) is 4.74 Å². The van der Waals surface area contributed by atoms with Gasteiger partial charge in [-0.15, -0.1) is 0 Å². The lowest BCUT2D eigenvalue weighted by molar-refractivity contribution is 0.00261. The molecule has 0 amide bonds. The van der Waals surface area contributed by atoms with E-state index in [2.05, 4.69) is 4.90 Å². The van der Waals surface area contributed by atoms with Gasteiger partial charge < -0.3 is 9.84 Å². The minimum absolute atomic E-state index is 0.0430. The number of hydrogen-bond donors (Lipinski definition) is 1. The quantitative estimate of drug-likeness (QED) is 0.920. The van der Waals surface area contributed by atoms with Gasteiger partial charge in [0.1, 0.15) is 0 Å². The zero-order valence-corrected chi connectivity index (χ0v) is 10.9. The molecule has 1 aromatic carbocycles. The van der Waals surface area contributed by atoms with Crippen LogP contribution in [0.4, 0.5) is 0 Å². The highest BCUT2D eigenvalue weighted by molar-refractivity contribution is 6.35. The minimum Gasteiger partial charge on any atom is -0.394 e. The predicted octanol–water partition coefficient (Wildman–Crippen LogP) is 2.36. The molecular formula is C12H15Cl2NO2. The van der Waals surface area contributed by atoms with E-state index in [1.54, 1.807) is 12.1 Å². The molecule has 0 bridgehead atoms. The van der Waals surface area contributed by atoms with Gasteiger partial charge in [0.25, 0.3) is 0 Å². The van der Waals surface area contributed by atoms with Gasteiger partial charge in [0.05, 0.1) is 25.9 Å².